The van der Waals surface area contributed by atoms with E-state index in [9.17, 15) is 9.59 Å². The van der Waals surface area contributed by atoms with Gasteiger partial charge in [0.1, 0.15) is 10.8 Å². The zero-order chi connectivity index (χ0) is 23.5. The Morgan fingerprint density at radius 2 is 2.06 bits per heavy atom. The number of thiophene rings is 1. The fourth-order valence-electron chi connectivity index (χ4n) is 3.99. The molecule has 1 N–H and O–H groups in total. The number of esters is 1. The molecule has 5 nitrogen and oxygen atoms in total. The van der Waals surface area contributed by atoms with Crippen LogP contribution < -0.4 is 10.1 Å². The SMILES string of the molecule is CCOC(=O)c1c(NC(=O)/C=C/c2cc(Br)ccc2OC)sc2c1CCC(C(C)(C)C)C2. The quantitative estimate of drug-likeness (QED) is 0.349. The van der Waals surface area contributed by atoms with Crippen LogP contribution in [0.5, 0.6) is 5.75 Å². The summed E-state index contributed by atoms with van der Waals surface area (Å²) in [6.45, 7) is 8.85. The van der Waals surface area contributed by atoms with E-state index in [1.54, 1.807) is 20.1 Å². The molecule has 2 aromatic rings. The van der Waals surface area contributed by atoms with Crippen LogP contribution in [-0.2, 0) is 22.4 Å². The number of rotatable bonds is 6. The van der Waals surface area contributed by atoms with Gasteiger partial charge in [-0.25, -0.2) is 4.79 Å². The number of hydrogen-bond donors (Lipinski definition) is 1. The molecule has 1 aliphatic rings. The summed E-state index contributed by atoms with van der Waals surface area (Å²) in [5.41, 5.74) is 2.52. The van der Waals surface area contributed by atoms with Crippen LogP contribution in [0.25, 0.3) is 6.08 Å². The zero-order valence-corrected chi connectivity index (χ0v) is 21.6. The normalized spacial score (nSPS) is 16.0. The van der Waals surface area contributed by atoms with Gasteiger partial charge in [0.25, 0.3) is 0 Å². The Labute approximate surface area is 202 Å². The summed E-state index contributed by atoms with van der Waals surface area (Å²) in [4.78, 5) is 26.7. The number of amides is 1. The highest BCUT2D eigenvalue weighted by Crippen LogP contribution is 2.44. The zero-order valence-electron chi connectivity index (χ0n) is 19.2. The van der Waals surface area contributed by atoms with Crippen LogP contribution in [-0.4, -0.2) is 25.6 Å². The number of carbonyl (C=O) groups is 2. The number of fused-ring (bicyclic) bond motifs is 1. The van der Waals surface area contributed by atoms with Crippen LogP contribution in [0.3, 0.4) is 0 Å². The van der Waals surface area contributed by atoms with Gasteiger partial charge < -0.3 is 14.8 Å². The van der Waals surface area contributed by atoms with Gasteiger partial charge >= 0.3 is 5.97 Å². The Bertz CT molecular complexity index is 1040. The van der Waals surface area contributed by atoms with E-state index in [1.807, 2.05) is 18.2 Å². The molecule has 1 atom stereocenters. The highest BCUT2D eigenvalue weighted by molar-refractivity contribution is 9.10. The molecule has 3 rings (SSSR count). The smallest absolute Gasteiger partial charge is 0.341 e. The van der Waals surface area contributed by atoms with E-state index in [0.29, 0.717) is 28.8 Å². The Hall–Kier alpha value is -2.12. The molecule has 0 saturated carbocycles. The first-order valence-electron chi connectivity index (χ1n) is 10.8. The molecule has 0 fully saturated rings. The average molecular weight is 520 g/mol. The number of nitrogens with one attached hydrogen (secondary N) is 1. The molecule has 1 aliphatic carbocycles. The van der Waals surface area contributed by atoms with Gasteiger partial charge in [0, 0.05) is 21.0 Å². The number of anilines is 1. The highest BCUT2D eigenvalue weighted by atomic mass is 79.9. The number of carbonyl (C=O) groups excluding carboxylic acids is 2. The average Bonchev–Trinajstić information content (AvgIpc) is 3.08. The second-order valence-electron chi connectivity index (χ2n) is 8.94. The maximum Gasteiger partial charge on any atom is 0.341 e. The molecule has 1 heterocycles. The fraction of sp³-hybridized carbons (Fsp3) is 0.440. The molecule has 32 heavy (non-hydrogen) atoms. The minimum absolute atomic E-state index is 0.195. The number of halogens is 1. The molecule has 0 saturated heterocycles. The van der Waals surface area contributed by atoms with Crippen LogP contribution in [0, 0.1) is 11.3 Å². The first-order chi connectivity index (χ1) is 15.1. The summed E-state index contributed by atoms with van der Waals surface area (Å²) in [5.74, 6) is 0.538. The van der Waals surface area contributed by atoms with Crippen molar-refractivity contribution in [2.24, 2.45) is 11.3 Å². The molecule has 1 amide bonds. The largest absolute Gasteiger partial charge is 0.496 e. The lowest BCUT2D eigenvalue weighted by molar-refractivity contribution is -0.111. The van der Waals surface area contributed by atoms with E-state index < -0.39 is 0 Å². The molecule has 0 bridgehead atoms. The van der Waals surface area contributed by atoms with Gasteiger partial charge in [-0.2, -0.15) is 0 Å². The van der Waals surface area contributed by atoms with Crippen molar-refractivity contribution in [1.82, 2.24) is 0 Å². The Morgan fingerprint density at radius 1 is 1.31 bits per heavy atom. The standard InChI is InChI=1S/C25H30BrNO4S/c1-6-31-24(29)22-18-10-8-16(25(2,3)4)14-20(18)32-23(22)27-21(28)12-7-15-13-17(26)9-11-19(15)30-5/h7,9,11-13,16H,6,8,10,14H2,1-5H3,(H,27,28)/b12-7+. The van der Waals surface area contributed by atoms with Crippen molar-refractivity contribution in [3.05, 3.63) is 50.3 Å². The minimum Gasteiger partial charge on any atom is -0.496 e. The van der Waals surface area contributed by atoms with Gasteiger partial charge in [-0.3, -0.25) is 4.79 Å². The van der Waals surface area contributed by atoms with E-state index in [-0.39, 0.29) is 17.3 Å². The van der Waals surface area contributed by atoms with Crippen molar-refractivity contribution >= 4 is 50.2 Å². The van der Waals surface area contributed by atoms with Crippen LogP contribution in [0.4, 0.5) is 5.00 Å². The summed E-state index contributed by atoms with van der Waals surface area (Å²) in [7, 11) is 1.59. The van der Waals surface area contributed by atoms with E-state index in [1.165, 1.54) is 22.3 Å². The van der Waals surface area contributed by atoms with E-state index in [0.717, 1.165) is 34.9 Å². The molecule has 1 aromatic carbocycles. The summed E-state index contributed by atoms with van der Waals surface area (Å²) in [6.07, 6.45) is 5.91. The van der Waals surface area contributed by atoms with Crippen molar-refractivity contribution in [3.63, 3.8) is 0 Å². The van der Waals surface area contributed by atoms with Gasteiger partial charge in [-0.05, 0) is 67.4 Å². The molecule has 172 valence electrons. The molecule has 1 unspecified atom stereocenters. The van der Waals surface area contributed by atoms with E-state index in [2.05, 4.69) is 42.0 Å². The molecule has 0 spiro atoms. The fourth-order valence-corrected chi connectivity index (χ4v) is 5.68. The van der Waals surface area contributed by atoms with E-state index in [4.69, 9.17) is 9.47 Å². The minimum atomic E-state index is -0.368. The van der Waals surface area contributed by atoms with Crippen LogP contribution in [0.15, 0.2) is 28.7 Å². The van der Waals surface area contributed by atoms with Gasteiger partial charge in [-0.15, -0.1) is 11.3 Å². The number of methoxy groups -OCH3 is 1. The highest BCUT2D eigenvalue weighted by Gasteiger charge is 2.34. The van der Waals surface area contributed by atoms with Crippen molar-refractivity contribution in [1.29, 1.82) is 0 Å². The van der Waals surface area contributed by atoms with Gasteiger partial charge in [0.15, 0.2) is 0 Å². The maximum atomic E-state index is 12.8. The van der Waals surface area contributed by atoms with Crippen molar-refractivity contribution < 1.29 is 19.1 Å². The summed E-state index contributed by atoms with van der Waals surface area (Å²) < 4.78 is 11.6. The first-order valence-corrected chi connectivity index (χ1v) is 12.4. The lowest BCUT2D eigenvalue weighted by atomic mass is 9.72. The van der Waals surface area contributed by atoms with Crippen LogP contribution in [0.2, 0.25) is 0 Å². The lowest BCUT2D eigenvalue weighted by Gasteiger charge is -2.33. The molecule has 0 radical (unpaired) electrons. The summed E-state index contributed by atoms with van der Waals surface area (Å²) in [5, 5.41) is 3.49. The van der Waals surface area contributed by atoms with E-state index >= 15 is 0 Å². The summed E-state index contributed by atoms with van der Waals surface area (Å²) in [6, 6.07) is 5.59. The number of benzene rings is 1. The van der Waals surface area contributed by atoms with Gasteiger partial charge in [0.2, 0.25) is 5.91 Å². The number of ether oxygens (including phenoxy) is 2. The predicted octanol–water partition coefficient (Wildman–Crippen LogP) is 6.50. The number of hydrogen-bond acceptors (Lipinski definition) is 5. The third kappa shape index (κ3) is 5.62. The maximum absolute atomic E-state index is 12.8. The monoisotopic (exact) mass is 519 g/mol. The second-order valence-corrected chi connectivity index (χ2v) is 11.0. The second kappa shape index (κ2) is 10.2. The van der Waals surface area contributed by atoms with Crippen molar-refractivity contribution in [2.45, 2.75) is 47.0 Å². The Balaban J connectivity index is 1.87. The first kappa shape index (κ1) is 24.5. The van der Waals surface area contributed by atoms with Crippen molar-refractivity contribution in [3.8, 4) is 5.75 Å². The van der Waals surface area contributed by atoms with Crippen LogP contribution >= 0.6 is 27.3 Å². The molecule has 7 heteroatoms. The molecule has 0 aliphatic heterocycles. The lowest BCUT2D eigenvalue weighted by Crippen LogP contribution is -2.26. The third-order valence-electron chi connectivity index (χ3n) is 5.81. The predicted molar refractivity (Wildman–Crippen MR) is 134 cm³/mol. The van der Waals surface area contributed by atoms with Gasteiger partial charge in [-0.1, -0.05) is 36.7 Å². The molecular weight excluding hydrogens is 490 g/mol. The van der Waals surface area contributed by atoms with Crippen molar-refractivity contribution in [2.75, 3.05) is 19.0 Å². The Morgan fingerprint density at radius 3 is 2.72 bits per heavy atom. The summed E-state index contributed by atoms with van der Waals surface area (Å²) >= 11 is 4.94. The molecule has 1 aromatic heterocycles. The van der Waals surface area contributed by atoms with Crippen LogP contribution in [0.1, 0.15) is 60.5 Å². The Kier molecular flexibility index (Phi) is 7.83. The topological polar surface area (TPSA) is 64.6 Å². The third-order valence-corrected chi connectivity index (χ3v) is 7.48. The molecular formula is C25H30BrNO4S. The van der Waals surface area contributed by atoms with Gasteiger partial charge in [0.05, 0.1) is 19.3 Å².